The lowest BCUT2D eigenvalue weighted by Crippen LogP contribution is -2.18. The van der Waals surface area contributed by atoms with Gasteiger partial charge >= 0.3 is 0 Å². The van der Waals surface area contributed by atoms with Crippen molar-refractivity contribution >= 4 is 17.4 Å². The van der Waals surface area contributed by atoms with Crippen LogP contribution >= 0.6 is 11.6 Å². The molecule has 2 rings (SSSR count). The maximum Gasteiger partial charge on any atom is 0.136 e. The number of Topliss-reactive ketones (excluding diaryl/α,β-unsaturated/α-hetero) is 1. The smallest absolute Gasteiger partial charge is 0.136 e. The van der Waals surface area contributed by atoms with E-state index in [0.29, 0.717) is 24.0 Å². The fourth-order valence-corrected chi connectivity index (χ4v) is 3.27. The van der Waals surface area contributed by atoms with E-state index >= 15 is 0 Å². The molecule has 1 aromatic carbocycles. The second-order valence-electron chi connectivity index (χ2n) is 6.13. The van der Waals surface area contributed by atoms with E-state index in [-0.39, 0.29) is 0 Å². The van der Waals surface area contributed by atoms with Gasteiger partial charge in [-0.05, 0) is 36.8 Å². The number of benzene rings is 1. The van der Waals surface area contributed by atoms with E-state index in [1.807, 2.05) is 12.1 Å². The molecule has 114 valence electrons. The topological polar surface area (TPSA) is 17.1 Å². The number of carbonyl (C=O) groups excluding carboxylic acids is 1. The largest absolute Gasteiger partial charge is 0.299 e. The number of ketones is 1. The number of hydrogen-bond donors (Lipinski definition) is 0. The molecule has 0 atom stereocenters. The first kappa shape index (κ1) is 16.3. The van der Waals surface area contributed by atoms with Crippen molar-refractivity contribution < 1.29 is 4.79 Å². The molecule has 1 fully saturated rings. The van der Waals surface area contributed by atoms with Gasteiger partial charge < -0.3 is 0 Å². The molecule has 1 saturated carbocycles. The minimum atomic E-state index is 0.323. The van der Waals surface area contributed by atoms with Crippen LogP contribution in [-0.2, 0) is 17.6 Å². The molecule has 1 aliphatic carbocycles. The minimum absolute atomic E-state index is 0.323. The van der Waals surface area contributed by atoms with Gasteiger partial charge in [0, 0.05) is 18.2 Å². The zero-order valence-corrected chi connectivity index (χ0v) is 13.5. The van der Waals surface area contributed by atoms with Crippen LogP contribution in [0.25, 0.3) is 0 Å². The number of rotatable bonds is 7. The molecular formula is C19H25ClO. The molecule has 1 nitrogen and oxygen atoms in total. The Kier molecular flexibility index (Phi) is 6.50. The first-order chi connectivity index (χ1) is 10.2. The number of aryl methyl sites for hydroxylation is 1. The number of halogens is 1. The zero-order valence-electron chi connectivity index (χ0n) is 12.7. The summed E-state index contributed by atoms with van der Waals surface area (Å²) < 4.78 is 0. The average molecular weight is 305 g/mol. The van der Waals surface area contributed by atoms with E-state index in [2.05, 4.69) is 18.7 Å². The maximum absolute atomic E-state index is 12.3. The summed E-state index contributed by atoms with van der Waals surface area (Å²) in [5.41, 5.74) is 3.57. The first-order valence-corrected chi connectivity index (χ1v) is 8.56. The van der Waals surface area contributed by atoms with Crippen molar-refractivity contribution in [3.63, 3.8) is 0 Å². The van der Waals surface area contributed by atoms with Gasteiger partial charge in [-0.15, -0.1) is 11.6 Å². The summed E-state index contributed by atoms with van der Waals surface area (Å²) in [6, 6.07) is 8.35. The Labute approximate surface area is 133 Å². The molecule has 21 heavy (non-hydrogen) atoms. The van der Waals surface area contributed by atoms with Crippen LogP contribution in [0.5, 0.6) is 0 Å². The summed E-state index contributed by atoms with van der Waals surface area (Å²) in [6.07, 6.45) is 8.29. The van der Waals surface area contributed by atoms with Crippen molar-refractivity contribution in [2.75, 3.05) is 5.88 Å². The summed E-state index contributed by atoms with van der Waals surface area (Å²) >= 11 is 5.83. The van der Waals surface area contributed by atoms with Crippen LogP contribution in [0.4, 0.5) is 0 Å². The number of allylic oxidation sites excluding steroid dienone is 1. The third-order valence-corrected chi connectivity index (χ3v) is 4.83. The highest BCUT2D eigenvalue weighted by Crippen LogP contribution is 2.26. The van der Waals surface area contributed by atoms with Crippen molar-refractivity contribution in [3.05, 3.63) is 47.5 Å². The maximum atomic E-state index is 12.3. The van der Waals surface area contributed by atoms with Gasteiger partial charge in [-0.3, -0.25) is 4.79 Å². The quantitative estimate of drug-likeness (QED) is 0.505. The normalized spacial score (nSPS) is 15.9. The van der Waals surface area contributed by atoms with Crippen LogP contribution in [0.1, 0.15) is 49.7 Å². The van der Waals surface area contributed by atoms with Gasteiger partial charge in [0.1, 0.15) is 5.78 Å². The standard InChI is InChI=1S/C19H25ClO/c1-15(14-20)13-18-10-6-5-7-16(18)11-12-19(21)17-8-3-2-4-9-17/h5-7,10,17H,1-4,8-9,11-14H2. The Balaban J connectivity index is 1.93. The molecule has 1 aliphatic rings. The van der Waals surface area contributed by atoms with Gasteiger partial charge in [0.25, 0.3) is 0 Å². The van der Waals surface area contributed by atoms with Crippen molar-refractivity contribution in [2.45, 2.75) is 51.4 Å². The fourth-order valence-electron chi connectivity index (χ4n) is 3.18. The van der Waals surface area contributed by atoms with E-state index in [9.17, 15) is 4.79 Å². The summed E-state index contributed by atoms with van der Waals surface area (Å²) in [4.78, 5) is 12.3. The predicted molar refractivity (Wildman–Crippen MR) is 89.9 cm³/mol. The van der Waals surface area contributed by atoms with E-state index in [4.69, 9.17) is 11.6 Å². The van der Waals surface area contributed by atoms with Crippen LogP contribution in [-0.4, -0.2) is 11.7 Å². The Morgan fingerprint density at radius 1 is 1.14 bits per heavy atom. The van der Waals surface area contributed by atoms with E-state index < -0.39 is 0 Å². The molecule has 0 aromatic heterocycles. The second-order valence-corrected chi connectivity index (χ2v) is 6.40. The van der Waals surface area contributed by atoms with Gasteiger partial charge in [-0.25, -0.2) is 0 Å². The van der Waals surface area contributed by atoms with Gasteiger partial charge in [0.2, 0.25) is 0 Å². The molecule has 0 N–H and O–H groups in total. The van der Waals surface area contributed by atoms with Crippen molar-refractivity contribution in [2.24, 2.45) is 5.92 Å². The van der Waals surface area contributed by atoms with Crippen LogP contribution in [0.2, 0.25) is 0 Å². The Morgan fingerprint density at radius 3 is 2.48 bits per heavy atom. The molecule has 1 aromatic rings. The number of alkyl halides is 1. The van der Waals surface area contributed by atoms with Crippen LogP contribution < -0.4 is 0 Å². The highest BCUT2D eigenvalue weighted by molar-refractivity contribution is 6.19. The monoisotopic (exact) mass is 304 g/mol. The molecular weight excluding hydrogens is 280 g/mol. The highest BCUT2D eigenvalue weighted by atomic mass is 35.5. The van der Waals surface area contributed by atoms with Gasteiger partial charge in [-0.2, -0.15) is 0 Å². The van der Waals surface area contributed by atoms with Crippen LogP contribution in [0, 0.1) is 5.92 Å². The van der Waals surface area contributed by atoms with Crippen molar-refractivity contribution in [1.29, 1.82) is 0 Å². The molecule has 0 unspecified atom stereocenters. The van der Waals surface area contributed by atoms with E-state index in [1.165, 1.54) is 30.4 Å². The lowest BCUT2D eigenvalue weighted by atomic mass is 9.84. The van der Waals surface area contributed by atoms with Crippen LogP contribution in [0.15, 0.2) is 36.4 Å². The zero-order chi connectivity index (χ0) is 15.1. The van der Waals surface area contributed by atoms with E-state index in [0.717, 1.165) is 31.3 Å². The molecule has 0 radical (unpaired) electrons. The summed E-state index contributed by atoms with van der Waals surface area (Å²) in [7, 11) is 0. The molecule has 0 saturated heterocycles. The molecule has 0 amide bonds. The second kappa shape index (κ2) is 8.38. The summed E-state index contributed by atoms with van der Waals surface area (Å²) in [6.45, 7) is 3.98. The van der Waals surface area contributed by atoms with E-state index in [1.54, 1.807) is 0 Å². The Morgan fingerprint density at radius 2 is 1.81 bits per heavy atom. The Bertz CT molecular complexity index is 486. The summed E-state index contributed by atoms with van der Waals surface area (Å²) in [5.74, 6) is 1.28. The predicted octanol–water partition coefficient (Wildman–Crippen LogP) is 5.11. The number of carbonyl (C=O) groups is 1. The highest BCUT2D eigenvalue weighted by Gasteiger charge is 2.20. The molecule has 0 aliphatic heterocycles. The molecule has 0 spiro atoms. The van der Waals surface area contributed by atoms with Gasteiger partial charge in [0.15, 0.2) is 0 Å². The van der Waals surface area contributed by atoms with Crippen LogP contribution in [0.3, 0.4) is 0 Å². The minimum Gasteiger partial charge on any atom is -0.299 e. The van der Waals surface area contributed by atoms with Crippen molar-refractivity contribution in [3.8, 4) is 0 Å². The SMILES string of the molecule is C=C(CCl)Cc1ccccc1CCC(=O)C1CCCCC1. The van der Waals surface area contributed by atoms with Gasteiger partial charge in [0.05, 0.1) is 0 Å². The number of hydrogen-bond acceptors (Lipinski definition) is 1. The molecule has 2 heteroatoms. The van der Waals surface area contributed by atoms with Crippen molar-refractivity contribution in [1.82, 2.24) is 0 Å². The lowest BCUT2D eigenvalue weighted by molar-refractivity contribution is -0.123. The van der Waals surface area contributed by atoms with Gasteiger partial charge in [-0.1, -0.05) is 55.7 Å². The third kappa shape index (κ3) is 5.00. The first-order valence-electron chi connectivity index (χ1n) is 8.03. The Hall–Kier alpha value is -1.08. The third-order valence-electron chi connectivity index (χ3n) is 4.45. The molecule has 0 heterocycles. The fraction of sp³-hybridized carbons (Fsp3) is 0.526. The molecule has 0 bridgehead atoms. The average Bonchev–Trinajstić information content (AvgIpc) is 2.54. The lowest BCUT2D eigenvalue weighted by Gasteiger charge is -2.20. The summed E-state index contributed by atoms with van der Waals surface area (Å²) in [5, 5.41) is 0.